The molecule has 1 amide bonds. The third-order valence-corrected chi connectivity index (χ3v) is 3.12. The number of carboxylic acid groups (broad SMARTS) is 1. The molecule has 2 unspecified atom stereocenters. The molecule has 1 aliphatic rings. The number of ether oxygens (including phenoxy) is 1. The molecule has 1 aliphatic heterocycles. The molecule has 6 nitrogen and oxygen atoms in total. The van der Waals surface area contributed by atoms with E-state index in [9.17, 15) is 14.0 Å². The zero-order valence-electron chi connectivity index (χ0n) is 10.2. The highest BCUT2D eigenvalue weighted by Crippen LogP contribution is 2.22. The summed E-state index contributed by atoms with van der Waals surface area (Å²) in [5.41, 5.74) is 0.157. The molecule has 0 radical (unpaired) electrons. The first-order valence-corrected chi connectivity index (χ1v) is 5.71. The monoisotopic (exact) mass is 268 g/mol. The summed E-state index contributed by atoms with van der Waals surface area (Å²) in [6.07, 6.45) is 1.03. The van der Waals surface area contributed by atoms with Crippen molar-refractivity contribution in [3.05, 3.63) is 29.8 Å². The normalized spacial score (nSPS) is 22.5. The number of likely N-dealkylation sites (tertiary alicyclic amines) is 1. The number of amides is 1. The molecule has 19 heavy (non-hydrogen) atoms. The van der Waals surface area contributed by atoms with Crippen LogP contribution in [0.25, 0.3) is 0 Å². The van der Waals surface area contributed by atoms with Gasteiger partial charge in [-0.3, -0.25) is 4.79 Å². The first kappa shape index (κ1) is 13.4. The lowest BCUT2D eigenvalue weighted by atomic mass is 10.2. The van der Waals surface area contributed by atoms with Gasteiger partial charge in [0.2, 0.25) is 5.95 Å². The zero-order valence-corrected chi connectivity index (χ0v) is 10.2. The maximum absolute atomic E-state index is 12.7. The van der Waals surface area contributed by atoms with Gasteiger partial charge in [0.25, 0.3) is 5.91 Å². The number of carbonyl (C=O) groups excluding carboxylic acids is 1. The van der Waals surface area contributed by atoms with E-state index >= 15 is 0 Å². The SMILES string of the molecule is COC1CC(C(=O)O)N(C(=O)c2ccc(F)nc2)C1. The highest BCUT2D eigenvalue weighted by atomic mass is 19.1. The molecule has 0 aromatic carbocycles. The van der Waals surface area contributed by atoms with Crippen LogP contribution in [-0.4, -0.2) is 52.7 Å². The van der Waals surface area contributed by atoms with Crippen molar-refractivity contribution in [3.8, 4) is 0 Å². The predicted molar refractivity (Wildman–Crippen MR) is 62.1 cm³/mol. The van der Waals surface area contributed by atoms with Gasteiger partial charge in [0.1, 0.15) is 6.04 Å². The van der Waals surface area contributed by atoms with Crippen LogP contribution in [0, 0.1) is 5.95 Å². The van der Waals surface area contributed by atoms with Gasteiger partial charge in [-0.15, -0.1) is 0 Å². The van der Waals surface area contributed by atoms with E-state index in [1.54, 1.807) is 0 Å². The molecule has 0 spiro atoms. The Morgan fingerprint density at radius 2 is 2.26 bits per heavy atom. The van der Waals surface area contributed by atoms with Crippen LogP contribution in [0.4, 0.5) is 4.39 Å². The minimum atomic E-state index is -1.08. The van der Waals surface area contributed by atoms with Gasteiger partial charge in [-0.2, -0.15) is 4.39 Å². The molecule has 0 saturated carbocycles. The van der Waals surface area contributed by atoms with Crippen LogP contribution in [0.15, 0.2) is 18.3 Å². The summed E-state index contributed by atoms with van der Waals surface area (Å²) in [6.45, 7) is 0.198. The van der Waals surface area contributed by atoms with Crippen LogP contribution in [0.2, 0.25) is 0 Å². The molecule has 1 aromatic heterocycles. The summed E-state index contributed by atoms with van der Waals surface area (Å²) < 4.78 is 17.8. The lowest BCUT2D eigenvalue weighted by Gasteiger charge is -2.21. The molecule has 2 rings (SSSR count). The quantitative estimate of drug-likeness (QED) is 0.809. The van der Waals surface area contributed by atoms with Crippen molar-refractivity contribution in [1.29, 1.82) is 0 Å². The molecule has 0 aliphatic carbocycles. The van der Waals surface area contributed by atoms with Crippen molar-refractivity contribution in [2.75, 3.05) is 13.7 Å². The molecule has 1 aromatic rings. The van der Waals surface area contributed by atoms with Crippen molar-refractivity contribution in [1.82, 2.24) is 9.88 Å². The number of methoxy groups -OCH3 is 1. The zero-order chi connectivity index (χ0) is 14.0. The summed E-state index contributed by atoms with van der Waals surface area (Å²) in [7, 11) is 1.47. The van der Waals surface area contributed by atoms with Gasteiger partial charge < -0.3 is 14.7 Å². The van der Waals surface area contributed by atoms with Gasteiger partial charge in [0.15, 0.2) is 0 Å². The third kappa shape index (κ3) is 2.70. The van der Waals surface area contributed by atoms with E-state index in [1.165, 1.54) is 18.1 Å². The highest BCUT2D eigenvalue weighted by Gasteiger charge is 2.40. The minimum absolute atomic E-state index is 0.157. The molecule has 1 saturated heterocycles. The Labute approximate surface area is 108 Å². The van der Waals surface area contributed by atoms with Crippen LogP contribution in [0.3, 0.4) is 0 Å². The molecule has 7 heteroatoms. The first-order chi connectivity index (χ1) is 9.02. The number of carbonyl (C=O) groups is 2. The fourth-order valence-corrected chi connectivity index (χ4v) is 2.09. The summed E-state index contributed by atoms with van der Waals surface area (Å²) in [4.78, 5) is 27.9. The second kappa shape index (κ2) is 5.31. The van der Waals surface area contributed by atoms with Gasteiger partial charge in [-0.1, -0.05) is 0 Å². The van der Waals surface area contributed by atoms with E-state index in [-0.39, 0.29) is 24.6 Å². The number of nitrogens with zero attached hydrogens (tertiary/aromatic N) is 2. The van der Waals surface area contributed by atoms with Gasteiger partial charge in [-0.05, 0) is 12.1 Å². The molecule has 1 fully saturated rings. The summed E-state index contributed by atoms with van der Waals surface area (Å²) >= 11 is 0. The fraction of sp³-hybridized carbons (Fsp3) is 0.417. The van der Waals surface area contributed by atoms with Crippen LogP contribution in [0.1, 0.15) is 16.8 Å². The number of rotatable bonds is 3. The second-order valence-corrected chi connectivity index (χ2v) is 4.27. The summed E-state index contributed by atoms with van der Waals surface area (Å²) in [5, 5.41) is 9.11. The Morgan fingerprint density at radius 1 is 1.53 bits per heavy atom. The molecule has 0 bridgehead atoms. The molecular formula is C12H13FN2O4. The van der Waals surface area contributed by atoms with Gasteiger partial charge in [0.05, 0.1) is 11.7 Å². The molecule has 1 N–H and O–H groups in total. The van der Waals surface area contributed by atoms with Crippen molar-refractivity contribution in [2.24, 2.45) is 0 Å². The van der Waals surface area contributed by atoms with E-state index in [2.05, 4.69) is 4.98 Å². The van der Waals surface area contributed by atoms with Crippen LogP contribution >= 0.6 is 0 Å². The van der Waals surface area contributed by atoms with Crippen molar-refractivity contribution in [2.45, 2.75) is 18.6 Å². The van der Waals surface area contributed by atoms with Gasteiger partial charge in [-0.25, -0.2) is 9.78 Å². The van der Waals surface area contributed by atoms with Gasteiger partial charge >= 0.3 is 5.97 Å². The van der Waals surface area contributed by atoms with E-state index in [0.29, 0.717) is 0 Å². The predicted octanol–water partition coefficient (Wildman–Crippen LogP) is 0.535. The Hall–Kier alpha value is -2.02. The molecular weight excluding hydrogens is 255 g/mol. The van der Waals surface area contributed by atoms with Gasteiger partial charge in [0, 0.05) is 26.3 Å². The van der Waals surface area contributed by atoms with Crippen molar-refractivity contribution in [3.63, 3.8) is 0 Å². The molecule has 2 heterocycles. The Kier molecular flexibility index (Phi) is 3.75. The standard InChI is InChI=1S/C12H13FN2O4/c1-19-8-4-9(12(17)18)15(6-8)11(16)7-2-3-10(13)14-5-7/h2-3,5,8-9H,4,6H2,1H3,(H,17,18). The van der Waals surface area contributed by atoms with E-state index in [4.69, 9.17) is 9.84 Å². The lowest BCUT2D eigenvalue weighted by Crippen LogP contribution is -2.40. The number of pyridine rings is 1. The van der Waals surface area contributed by atoms with Crippen molar-refractivity contribution < 1.29 is 23.8 Å². The van der Waals surface area contributed by atoms with E-state index in [0.717, 1.165) is 12.3 Å². The average molecular weight is 268 g/mol. The van der Waals surface area contributed by atoms with E-state index < -0.39 is 23.9 Å². The minimum Gasteiger partial charge on any atom is -0.480 e. The smallest absolute Gasteiger partial charge is 0.326 e. The number of carboxylic acids is 1. The number of halogens is 1. The Morgan fingerprint density at radius 3 is 2.79 bits per heavy atom. The van der Waals surface area contributed by atoms with Crippen LogP contribution < -0.4 is 0 Å². The largest absolute Gasteiger partial charge is 0.480 e. The first-order valence-electron chi connectivity index (χ1n) is 5.71. The number of aliphatic carboxylic acids is 1. The summed E-state index contributed by atoms with van der Waals surface area (Å²) in [5.74, 6) is -2.26. The number of aromatic nitrogens is 1. The highest BCUT2D eigenvalue weighted by molar-refractivity contribution is 5.96. The second-order valence-electron chi connectivity index (χ2n) is 4.27. The average Bonchev–Trinajstić information content (AvgIpc) is 2.83. The number of hydrogen-bond donors (Lipinski definition) is 1. The number of hydrogen-bond acceptors (Lipinski definition) is 4. The maximum atomic E-state index is 12.7. The summed E-state index contributed by atoms with van der Waals surface area (Å²) in [6, 6.07) is 1.42. The maximum Gasteiger partial charge on any atom is 0.326 e. The van der Waals surface area contributed by atoms with Crippen LogP contribution in [-0.2, 0) is 9.53 Å². The van der Waals surface area contributed by atoms with Crippen molar-refractivity contribution >= 4 is 11.9 Å². The molecule has 2 atom stereocenters. The third-order valence-electron chi connectivity index (χ3n) is 3.12. The van der Waals surface area contributed by atoms with Crippen LogP contribution in [0.5, 0.6) is 0 Å². The fourth-order valence-electron chi connectivity index (χ4n) is 2.09. The Balaban J connectivity index is 2.21. The van der Waals surface area contributed by atoms with E-state index in [1.807, 2.05) is 0 Å². The molecule has 102 valence electrons. The topological polar surface area (TPSA) is 79.7 Å². The Bertz CT molecular complexity index is 491. The lowest BCUT2D eigenvalue weighted by molar-refractivity contribution is -0.141.